The van der Waals surface area contributed by atoms with Gasteiger partial charge in [-0.2, -0.15) is 0 Å². The van der Waals surface area contributed by atoms with Gasteiger partial charge in [-0.25, -0.2) is 4.79 Å². The summed E-state index contributed by atoms with van der Waals surface area (Å²) in [7, 11) is 1.43. The van der Waals surface area contributed by atoms with Crippen LogP contribution in [0.3, 0.4) is 0 Å². The molecular formula is C39H54O4. The average Bonchev–Trinajstić information content (AvgIpc) is 3.25. The molecule has 0 amide bonds. The van der Waals surface area contributed by atoms with Crippen molar-refractivity contribution in [1.82, 2.24) is 0 Å². The molecule has 3 saturated carbocycles. The Labute approximate surface area is 259 Å². The van der Waals surface area contributed by atoms with E-state index < -0.39 is 0 Å². The van der Waals surface area contributed by atoms with Gasteiger partial charge in [0.1, 0.15) is 0 Å². The van der Waals surface area contributed by atoms with E-state index in [0.717, 1.165) is 37.7 Å². The number of aliphatic hydroxyl groups excluding tert-OH is 1. The predicted molar refractivity (Wildman–Crippen MR) is 172 cm³/mol. The van der Waals surface area contributed by atoms with Gasteiger partial charge in [-0.3, -0.25) is 4.79 Å². The molecule has 5 aliphatic rings. The van der Waals surface area contributed by atoms with Crippen LogP contribution >= 0.6 is 0 Å². The molecule has 4 nitrogen and oxygen atoms in total. The standard InChI is InChI=1S/C39H54O4/c1-24(2)32-29(41)23-39(21-22-40)20-19-37(6)28(33(32)39)13-14-31-36(5)17-15-27(25-9-11-26(12-10-25)34(42)43-8)35(3,4)30(36)16-18-38(31,37)7/h9-12,15,24,28,30-31,40H,13-14,16-23H2,1-8H3/t28-,30+,31-,36+,37-,38-,39-/m1/s1. The smallest absolute Gasteiger partial charge is 0.337 e. The highest BCUT2D eigenvalue weighted by Gasteiger charge is 2.69. The minimum Gasteiger partial charge on any atom is -0.465 e. The summed E-state index contributed by atoms with van der Waals surface area (Å²) < 4.78 is 4.93. The molecule has 5 aliphatic carbocycles. The molecule has 6 rings (SSSR count). The van der Waals surface area contributed by atoms with Crippen molar-refractivity contribution in [2.45, 2.75) is 106 Å². The van der Waals surface area contributed by atoms with E-state index in [1.165, 1.54) is 43.1 Å². The van der Waals surface area contributed by atoms with Crippen LogP contribution in [0.5, 0.6) is 0 Å². The molecule has 0 unspecified atom stereocenters. The van der Waals surface area contributed by atoms with E-state index in [9.17, 15) is 14.7 Å². The molecule has 3 fully saturated rings. The molecule has 1 aromatic rings. The number of aliphatic hydroxyl groups is 1. The van der Waals surface area contributed by atoms with Crippen LogP contribution in [0.25, 0.3) is 5.57 Å². The van der Waals surface area contributed by atoms with Crippen LogP contribution in [0.2, 0.25) is 0 Å². The van der Waals surface area contributed by atoms with Crippen molar-refractivity contribution >= 4 is 17.3 Å². The molecular weight excluding hydrogens is 532 g/mol. The lowest BCUT2D eigenvalue weighted by molar-refractivity contribution is -0.197. The minimum absolute atomic E-state index is 0.0208. The number of methoxy groups -OCH3 is 1. The Morgan fingerprint density at radius 3 is 2.28 bits per heavy atom. The van der Waals surface area contributed by atoms with Crippen molar-refractivity contribution in [2.75, 3.05) is 13.7 Å². The average molecular weight is 587 g/mol. The monoisotopic (exact) mass is 586 g/mol. The van der Waals surface area contributed by atoms with E-state index in [1.807, 2.05) is 12.1 Å². The number of esters is 1. The lowest BCUT2D eigenvalue weighted by Crippen LogP contribution is -2.64. The van der Waals surface area contributed by atoms with Crippen molar-refractivity contribution in [3.63, 3.8) is 0 Å². The maximum Gasteiger partial charge on any atom is 0.337 e. The van der Waals surface area contributed by atoms with Gasteiger partial charge in [0, 0.05) is 18.4 Å². The first-order valence-corrected chi connectivity index (χ1v) is 17.0. The van der Waals surface area contributed by atoms with Crippen molar-refractivity contribution in [1.29, 1.82) is 0 Å². The summed E-state index contributed by atoms with van der Waals surface area (Å²) in [6.07, 6.45) is 12.0. The summed E-state index contributed by atoms with van der Waals surface area (Å²) >= 11 is 0. The van der Waals surface area contributed by atoms with Crippen LogP contribution in [-0.4, -0.2) is 30.6 Å². The molecule has 0 bridgehead atoms. The lowest BCUT2D eigenvalue weighted by Gasteiger charge is -2.71. The first-order valence-electron chi connectivity index (χ1n) is 17.0. The molecule has 0 spiro atoms. The topological polar surface area (TPSA) is 63.6 Å². The largest absolute Gasteiger partial charge is 0.465 e. The highest BCUT2D eigenvalue weighted by atomic mass is 16.5. The first kappa shape index (κ1) is 30.8. The van der Waals surface area contributed by atoms with E-state index in [2.05, 4.69) is 66.7 Å². The molecule has 0 aliphatic heterocycles. The summed E-state index contributed by atoms with van der Waals surface area (Å²) in [5.74, 6) is 1.96. The van der Waals surface area contributed by atoms with Gasteiger partial charge in [-0.05, 0) is 126 Å². The Morgan fingerprint density at radius 1 is 0.953 bits per heavy atom. The maximum absolute atomic E-state index is 13.6. The quantitative estimate of drug-likeness (QED) is 0.350. The Hall–Kier alpha value is -2.20. The first-order chi connectivity index (χ1) is 20.2. The van der Waals surface area contributed by atoms with Gasteiger partial charge in [0.25, 0.3) is 0 Å². The van der Waals surface area contributed by atoms with Gasteiger partial charge < -0.3 is 9.84 Å². The van der Waals surface area contributed by atoms with Crippen molar-refractivity contribution < 1.29 is 19.4 Å². The molecule has 0 heterocycles. The Balaban J connectivity index is 1.38. The van der Waals surface area contributed by atoms with E-state index in [-0.39, 0.29) is 45.6 Å². The fourth-order valence-electron chi connectivity index (χ4n) is 12.3. The lowest BCUT2D eigenvalue weighted by atomic mass is 9.33. The van der Waals surface area contributed by atoms with Crippen molar-refractivity contribution in [3.05, 3.63) is 52.6 Å². The summed E-state index contributed by atoms with van der Waals surface area (Å²) in [6, 6.07) is 8.01. The number of carbonyl (C=O) groups excluding carboxylic acids is 2. The molecule has 43 heavy (non-hydrogen) atoms. The maximum atomic E-state index is 13.6. The second kappa shape index (κ2) is 10.2. The van der Waals surface area contributed by atoms with Crippen LogP contribution < -0.4 is 0 Å². The zero-order chi connectivity index (χ0) is 31.2. The summed E-state index contributed by atoms with van der Waals surface area (Å²) in [5.41, 5.74) is 6.30. The molecule has 0 saturated heterocycles. The summed E-state index contributed by atoms with van der Waals surface area (Å²) in [4.78, 5) is 25.6. The molecule has 0 aromatic heterocycles. The zero-order valence-electron chi connectivity index (χ0n) is 27.9. The number of hydrogen-bond acceptors (Lipinski definition) is 4. The number of fused-ring (bicyclic) bond motifs is 7. The number of Topliss-reactive ketones (excluding diaryl/α,β-unsaturated/α-hetero) is 1. The molecule has 1 aromatic carbocycles. The molecule has 4 heteroatoms. The Bertz CT molecular complexity index is 1380. The van der Waals surface area contributed by atoms with Gasteiger partial charge in [0.15, 0.2) is 5.78 Å². The molecule has 7 atom stereocenters. The third kappa shape index (κ3) is 4.10. The zero-order valence-corrected chi connectivity index (χ0v) is 27.9. The second-order valence-corrected chi connectivity index (χ2v) is 16.6. The van der Waals surface area contributed by atoms with Gasteiger partial charge in [0.05, 0.1) is 12.7 Å². The minimum atomic E-state index is -0.291. The number of benzene rings is 1. The summed E-state index contributed by atoms with van der Waals surface area (Å²) in [6.45, 7) is 17.3. The van der Waals surface area contributed by atoms with Crippen molar-refractivity contribution in [3.8, 4) is 0 Å². The van der Waals surface area contributed by atoms with Gasteiger partial charge >= 0.3 is 5.97 Å². The van der Waals surface area contributed by atoms with Gasteiger partial charge in [0.2, 0.25) is 0 Å². The van der Waals surface area contributed by atoms with Crippen LogP contribution in [0, 0.1) is 50.7 Å². The van der Waals surface area contributed by atoms with E-state index in [4.69, 9.17) is 4.74 Å². The fraction of sp³-hybridized carbons (Fsp3) is 0.692. The van der Waals surface area contributed by atoms with Gasteiger partial charge in [-0.1, -0.05) is 72.2 Å². The van der Waals surface area contributed by atoms with Crippen molar-refractivity contribution in [2.24, 2.45) is 50.7 Å². The number of ketones is 1. The predicted octanol–water partition coefficient (Wildman–Crippen LogP) is 8.83. The fourth-order valence-corrected chi connectivity index (χ4v) is 12.3. The van der Waals surface area contributed by atoms with E-state index in [1.54, 1.807) is 0 Å². The number of ether oxygens (including phenoxy) is 1. The number of carbonyl (C=O) groups is 2. The second-order valence-electron chi connectivity index (χ2n) is 16.6. The number of allylic oxidation sites excluding steroid dienone is 4. The van der Waals surface area contributed by atoms with Crippen LogP contribution in [0.4, 0.5) is 0 Å². The molecule has 234 valence electrons. The van der Waals surface area contributed by atoms with Crippen LogP contribution in [-0.2, 0) is 9.53 Å². The third-order valence-electron chi connectivity index (χ3n) is 14.4. The molecule has 1 N–H and O–H groups in total. The van der Waals surface area contributed by atoms with Crippen LogP contribution in [0.15, 0.2) is 41.5 Å². The van der Waals surface area contributed by atoms with Crippen LogP contribution in [0.1, 0.15) is 122 Å². The number of rotatable bonds is 5. The van der Waals surface area contributed by atoms with E-state index >= 15 is 0 Å². The molecule has 0 radical (unpaired) electrons. The summed E-state index contributed by atoms with van der Waals surface area (Å²) in [5, 5.41) is 10.2. The highest BCUT2D eigenvalue weighted by Crippen LogP contribution is 2.77. The highest BCUT2D eigenvalue weighted by molar-refractivity contribution is 6.00. The Morgan fingerprint density at radius 2 is 1.65 bits per heavy atom. The Kier molecular flexibility index (Phi) is 7.28. The SMILES string of the molecule is COC(=O)c1ccc(C2=CC[C@]3(C)[C@H]4CC[C@@H]5C6=C(C(C)C)C(=O)C[C@]6(CCO)CC[C@@]5(C)[C@]4(C)CC[C@H]3C2(C)C)cc1. The van der Waals surface area contributed by atoms with Gasteiger partial charge in [-0.15, -0.1) is 0 Å². The van der Waals surface area contributed by atoms with E-state index in [0.29, 0.717) is 35.5 Å². The number of hydrogen-bond donors (Lipinski definition) is 1. The normalized spacial score (nSPS) is 39.9. The third-order valence-corrected chi connectivity index (χ3v) is 14.4.